The first-order valence-corrected chi connectivity index (χ1v) is 8.72. The number of aryl methyl sites for hydroxylation is 1. The van der Waals surface area contributed by atoms with Gasteiger partial charge in [-0.05, 0) is 33.4 Å². The van der Waals surface area contributed by atoms with Crippen LogP contribution in [0.15, 0.2) is 33.7 Å². The lowest BCUT2D eigenvalue weighted by atomic mass is 10.1. The molecule has 132 valence electrons. The zero-order chi connectivity index (χ0) is 17.5. The van der Waals surface area contributed by atoms with E-state index in [1.807, 2.05) is 18.2 Å². The number of nitrogens with one attached hydrogen (secondary N) is 2. The van der Waals surface area contributed by atoms with Crippen LogP contribution >= 0.6 is 0 Å². The maximum Gasteiger partial charge on any atom is 0.191 e. The van der Waals surface area contributed by atoms with Crippen LogP contribution < -0.4 is 10.6 Å². The zero-order valence-electron chi connectivity index (χ0n) is 15.5. The highest BCUT2D eigenvalue weighted by molar-refractivity contribution is 5.82. The van der Waals surface area contributed by atoms with Crippen LogP contribution in [0.25, 0.3) is 11.0 Å². The summed E-state index contributed by atoms with van der Waals surface area (Å²) in [5, 5.41) is 7.88. The molecule has 0 aliphatic carbocycles. The Morgan fingerprint density at radius 2 is 2.00 bits per heavy atom. The lowest BCUT2D eigenvalue weighted by molar-refractivity contribution is 0.237. The van der Waals surface area contributed by atoms with E-state index in [-0.39, 0.29) is 0 Å². The molecule has 0 atom stereocenters. The average molecular weight is 330 g/mol. The molecule has 5 nitrogen and oxygen atoms in total. The van der Waals surface area contributed by atoms with E-state index in [9.17, 15) is 0 Å². The summed E-state index contributed by atoms with van der Waals surface area (Å²) in [4.78, 5) is 6.71. The fourth-order valence-corrected chi connectivity index (χ4v) is 2.88. The van der Waals surface area contributed by atoms with Crippen LogP contribution in [0.2, 0.25) is 0 Å². The van der Waals surface area contributed by atoms with Crippen molar-refractivity contribution in [3.8, 4) is 0 Å². The molecule has 5 heteroatoms. The van der Waals surface area contributed by atoms with Crippen LogP contribution in [-0.2, 0) is 6.54 Å². The van der Waals surface area contributed by atoms with E-state index in [1.54, 1.807) is 7.05 Å². The summed E-state index contributed by atoms with van der Waals surface area (Å²) >= 11 is 0. The largest absolute Gasteiger partial charge is 0.459 e. The molecule has 0 bridgehead atoms. The smallest absolute Gasteiger partial charge is 0.191 e. The van der Waals surface area contributed by atoms with Crippen molar-refractivity contribution in [1.29, 1.82) is 0 Å². The minimum Gasteiger partial charge on any atom is -0.459 e. The molecule has 0 aliphatic rings. The molecule has 0 unspecified atom stereocenters. The summed E-state index contributed by atoms with van der Waals surface area (Å²) in [5.41, 5.74) is 2.12. The molecule has 0 aliphatic heterocycles. The van der Waals surface area contributed by atoms with E-state index in [0.717, 1.165) is 36.9 Å². The van der Waals surface area contributed by atoms with Gasteiger partial charge in [-0.1, -0.05) is 25.1 Å². The van der Waals surface area contributed by atoms with Gasteiger partial charge in [0.15, 0.2) is 5.96 Å². The molecular weight excluding hydrogens is 300 g/mol. The maximum absolute atomic E-state index is 5.93. The Balaban J connectivity index is 1.88. The fourth-order valence-electron chi connectivity index (χ4n) is 2.88. The first-order chi connectivity index (χ1) is 11.6. The molecule has 1 aromatic carbocycles. The Morgan fingerprint density at radius 1 is 1.25 bits per heavy atom. The number of rotatable bonds is 7. The predicted molar refractivity (Wildman–Crippen MR) is 102 cm³/mol. The van der Waals surface area contributed by atoms with Crippen molar-refractivity contribution >= 4 is 16.9 Å². The SMILES string of the molecule is CCN(CCNC(=NC)NCc1oc2ccccc2c1C)C(C)C. The van der Waals surface area contributed by atoms with Gasteiger partial charge < -0.3 is 15.1 Å². The third kappa shape index (κ3) is 4.51. The van der Waals surface area contributed by atoms with Gasteiger partial charge in [-0.15, -0.1) is 0 Å². The number of aliphatic imine (C=N–C) groups is 1. The molecule has 1 heterocycles. The van der Waals surface area contributed by atoms with Crippen molar-refractivity contribution in [2.75, 3.05) is 26.7 Å². The summed E-state index contributed by atoms with van der Waals surface area (Å²) in [5.74, 6) is 1.76. The average Bonchev–Trinajstić information content (AvgIpc) is 2.90. The minimum atomic E-state index is 0.560. The van der Waals surface area contributed by atoms with Gasteiger partial charge in [-0.3, -0.25) is 9.89 Å². The molecular formula is C19H30N4O. The normalized spacial score (nSPS) is 12.4. The van der Waals surface area contributed by atoms with E-state index in [0.29, 0.717) is 12.6 Å². The van der Waals surface area contributed by atoms with E-state index in [2.05, 4.69) is 54.3 Å². The van der Waals surface area contributed by atoms with E-state index >= 15 is 0 Å². The topological polar surface area (TPSA) is 52.8 Å². The second kappa shape index (κ2) is 8.73. The standard InChI is InChI=1S/C19H30N4O/c1-6-23(14(2)3)12-11-21-19(20-5)22-13-18-15(4)16-9-7-8-10-17(16)24-18/h7-10,14H,6,11-13H2,1-5H3,(H2,20,21,22). The van der Waals surface area contributed by atoms with Gasteiger partial charge >= 0.3 is 0 Å². The summed E-state index contributed by atoms with van der Waals surface area (Å²) in [7, 11) is 1.79. The maximum atomic E-state index is 5.93. The van der Waals surface area contributed by atoms with Crippen molar-refractivity contribution < 1.29 is 4.42 Å². The first kappa shape index (κ1) is 18.3. The molecule has 2 rings (SSSR count). The lowest BCUT2D eigenvalue weighted by Gasteiger charge is -2.25. The molecule has 2 aromatic rings. The molecule has 1 aromatic heterocycles. The molecule has 2 N–H and O–H groups in total. The number of nitrogens with zero attached hydrogens (tertiary/aromatic N) is 2. The van der Waals surface area contributed by atoms with Crippen molar-refractivity contribution in [3.63, 3.8) is 0 Å². The molecule has 0 radical (unpaired) electrons. The quantitative estimate of drug-likeness (QED) is 0.605. The number of benzene rings is 1. The number of furan rings is 1. The summed E-state index contributed by atoms with van der Waals surface area (Å²) < 4.78 is 5.93. The number of guanidine groups is 1. The van der Waals surface area contributed by atoms with Crippen LogP contribution in [0.3, 0.4) is 0 Å². The minimum absolute atomic E-state index is 0.560. The Kier molecular flexibility index (Phi) is 6.67. The van der Waals surface area contributed by atoms with Gasteiger partial charge in [-0.2, -0.15) is 0 Å². The Labute approximate surface area is 145 Å². The number of likely N-dealkylation sites (N-methyl/N-ethyl adjacent to an activating group) is 1. The second-order valence-electron chi connectivity index (χ2n) is 6.22. The fraction of sp³-hybridized carbons (Fsp3) is 0.526. The van der Waals surface area contributed by atoms with Crippen molar-refractivity contribution in [2.45, 2.75) is 40.3 Å². The summed E-state index contributed by atoms with van der Waals surface area (Å²) in [6.45, 7) is 12.3. The Bertz CT molecular complexity index is 675. The van der Waals surface area contributed by atoms with Crippen LogP contribution in [-0.4, -0.2) is 43.6 Å². The van der Waals surface area contributed by atoms with Crippen LogP contribution in [0.4, 0.5) is 0 Å². The number of para-hydroxylation sites is 1. The summed E-state index contributed by atoms with van der Waals surface area (Å²) in [6.07, 6.45) is 0. The number of fused-ring (bicyclic) bond motifs is 1. The zero-order valence-corrected chi connectivity index (χ0v) is 15.5. The van der Waals surface area contributed by atoms with Gasteiger partial charge in [0.25, 0.3) is 0 Å². The Morgan fingerprint density at radius 3 is 2.62 bits per heavy atom. The van der Waals surface area contributed by atoms with Crippen molar-refractivity contribution in [2.24, 2.45) is 4.99 Å². The highest BCUT2D eigenvalue weighted by Crippen LogP contribution is 2.24. The second-order valence-corrected chi connectivity index (χ2v) is 6.22. The third-order valence-corrected chi connectivity index (χ3v) is 4.41. The van der Waals surface area contributed by atoms with Crippen LogP contribution in [0.5, 0.6) is 0 Å². The highest BCUT2D eigenvalue weighted by Gasteiger charge is 2.11. The van der Waals surface area contributed by atoms with Gasteiger partial charge in [0.2, 0.25) is 0 Å². The van der Waals surface area contributed by atoms with Crippen molar-refractivity contribution in [3.05, 3.63) is 35.6 Å². The van der Waals surface area contributed by atoms with Crippen LogP contribution in [0.1, 0.15) is 32.1 Å². The van der Waals surface area contributed by atoms with Crippen molar-refractivity contribution in [1.82, 2.24) is 15.5 Å². The van der Waals surface area contributed by atoms with Gasteiger partial charge in [0.05, 0.1) is 6.54 Å². The predicted octanol–water partition coefficient (Wildman–Crippen LogP) is 3.14. The van der Waals surface area contributed by atoms with E-state index in [4.69, 9.17) is 4.42 Å². The molecule has 0 amide bonds. The van der Waals surface area contributed by atoms with Gasteiger partial charge in [0, 0.05) is 37.1 Å². The summed E-state index contributed by atoms with van der Waals surface area (Å²) in [6, 6.07) is 8.69. The molecule has 0 fully saturated rings. The third-order valence-electron chi connectivity index (χ3n) is 4.41. The van der Waals surface area contributed by atoms with Gasteiger partial charge in [0.1, 0.15) is 11.3 Å². The van der Waals surface area contributed by atoms with E-state index < -0.39 is 0 Å². The molecule has 24 heavy (non-hydrogen) atoms. The molecule has 0 spiro atoms. The Hall–Kier alpha value is -2.01. The number of hydrogen-bond donors (Lipinski definition) is 2. The highest BCUT2D eigenvalue weighted by atomic mass is 16.3. The molecule has 0 saturated carbocycles. The van der Waals surface area contributed by atoms with E-state index in [1.165, 1.54) is 10.9 Å². The lowest BCUT2D eigenvalue weighted by Crippen LogP contribution is -2.42. The first-order valence-electron chi connectivity index (χ1n) is 8.72. The molecule has 0 saturated heterocycles. The number of hydrogen-bond acceptors (Lipinski definition) is 3. The van der Waals surface area contributed by atoms with Crippen LogP contribution in [0, 0.1) is 6.92 Å². The van der Waals surface area contributed by atoms with Gasteiger partial charge in [-0.25, -0.2) is 0 Å². The monoisotopic (exact) mass is 330 g/mol.